The van der Waals surface area contributed by atoms with E-state index in [0.717, 1.165) is 10.5 Å². The third kappa shape index (κ3) is 4.77. The Bertz CT molecular complexity index is 1130. The fourth-order valence-electron chi connectivity index (χ4n) is 3.91. The van der Waals surface area contributed by atoms with Crippen LogP contribution in [-0.2, 0) is 26.2 Å². The van der Waals surface area contributed by atoms with Gasteiger partial charge in [-0.3, -0.25) is 9.59 Å². The highest BCUT2D eigenvalue weighted by atomic mass is 32.2. The summed E-state index contributed by atoms with van der Waals surface area (Å²) in [7, 11) is -2.11. The quantitative estimate of drug-likeness (QED) is 0.665. The third-order valence-corrected chi connectivity index (χ3v) is 8.66. The maximum absolute atomic E-state index is 13.1. The Hall–Kier alpha value is -2.56. The van der Waals surface area contributed by atoms with Crippen LogP contribution in [0.3, 0.4) is 0 Å². The standard InChI is InChI=1S/C22H25N3O5S2/c1-30-19-5-3-2-4-16(19)13-23-22(27)15-8-10-25(11-9-15)32(28,29)17-6-7-20-18(12-17)24-21(26)14-31-20/h2-7,12,15H,8-11,13-14H2,1H3,(H,23,27)(H,24,26). The van der Waals surface area contributed by atoms with Gasteiger partial charge in [0.25, 0.3) is 0 Å². The minimum Gasteiger partial charge on any atom is -0.496 e. The first-order chi connectivity index (χ1) is 15.4. The van der Waals surface area contributed by atoms with E-state index in [9.17, 15) is 18.0 Å². The van der Waals surface area contributed by atoms with Gasteiger partial charge in [-0.1, -0.05) is 18.2 Å². The van der Waals surface area contributed by atoms with Gasteiger partial charge in [-0.25, -0.2) is 8.42 Å². The molecule has 10 heteroatoms. The molecule has 0 unspecified atom stereocenters. The highest BCUT2D eigenvalue weighted by molar-refractivity contribution is 8.00. The molecule has 0 saturated carbocycles. The molecular formula is C22H25N3O5S2. The van der Waals surface area contributed by atoms with Gasteiger partial charge in [0.15, 0.2) is 0 Å². The highest BCUT2D eigenvalue weighted by Gasteiger charge is 2.32. The van der Waals surface area contributed by atoms with Crippen LogP contribution in [0.15, 0.2) is 52.3 Å². The van der Waals surface area contributed by atoms with E-state index in [1.807, 2.05) is 24.3 Å². The molecule has 2 N–H and O–H groups in total. The SMILES string of the molecule is COc1ccccc1CNC(=O)C1CCN(S(=O)(=O)c2ccc3c(c2)NC(=O)CS3)CC1. The van der Waals surface area contributed by atoms with Gasteiger partial charge in [0.1, 0.15) is 5.75 Å². The van der Waals surface area contributed by atoms with Gasteiger partial charge in [-0.2, -0.15) is 4.31 Å². The summed E-state index contributed by atoms with van der Waals surface area (Å²) in [5, 5.41) is 5.67. The monoisotopic (exact) mass is 475 g/mol. The molecule has 170 valence electrons. The smallest absolute Gasteiger partial charge is 0.243 e. The van der Waals surface area contributed by atoms with Crippen LogP contribution >= 0.6 is 11.8 Å². The number of hydrogen-bond donors (Lipinski definition) is 2. The summed E-state index contributed by atoms with van der Waals surface area (Å²) in [5.41, 5.74) is 1.42. The summed E-state index contributed by atoms with van der Waals surface area (Å²) in [6.45, 7) is 0.904. The van der Waals surface area contributed by atoms with Crippen LogP contribution in [0.5, 0.6) is 5.75 Å². The Kier molecular flexibility index (Phi) is 6.73. The Labute approximate surface area is 191 Å². The van der Waals surface area contributed by atoms with Crippen molar-refractivity contribution in [1.29, 1.82) is 0 Å². The number of nitrogens with one attached hydrogen (secondary N) is 2. The second-order valence-electron chi connectivity index (χ2n) is 7.70. The highest BCUT2D eigenvalue weighted by Crippen LogP contribution is 2.34. The van der Waals surface area contributed by atoms with Crippen LogP contribution in [0.4, 0.5) is 5.69 Å². The van der Waals surface area contributed by atoms with Crippen molar-refractivity contribution in [3.05, 3.63) is 48.0 Å². The van der Waals surface area contributed by atoms with Gasteiger partial charge in [-0.05, 0) is 37.1 Å². The van der Waals surface area contributed by atoms with E-state index in [2.05, 4.69) is 10.6 Å². The fraction of sp³-hybridized carbons (Fsp3) is 0.364. The van der Waals surface area contributed by atoms with E-state index in [1.165, 1.54) is 22.1 Å². The number of thioether (sulfide) groups is 1. The van der Waals surface area contributed by atoms with Crippen molar-refractivity contribution in [3.63, 3.8) is 0 Å². The Balaban J connectivity index is 1.36. The molecule has 8 nitrogen and oxygen atoms in total. The summed E-state index contributed by atoms with van der Waals surface area (Å²) in [4.78, 5) is 25.3. The van der Waals surface area contributed by atoms with Crippen LogP contribution in [-0.4, -0.2) is 50.5 Å². The average molecular weight is 476 g/mol. The second kappa shape index (κ2) is 9.51. The number of carbonyl (C=O) groups is 2. The lowest BCUT2D eigenvalue weighted by atomic mass is 9.97. The number of para-hydroxylation sites is 1. The van der Waals surface area contributed by atoms with Gasteiger partial charge in [0, 0.05) is 36.0 Å². The first kappa shape index (κ1) is 22.6. The number of nitrogens with zero attached hydrogens (tertiary/aromatic N) is 1. The van der Waals surface area contributed by atoms with Gasteiger partial charge in [-0.15, -0.1) is 11.8 Å². The second-order valence-corrected chi connectivity index (χ2v) is 10.7. The number of sulfonamides is 1. The molecule has 4 rings (SSSR count). The first-order valence-corrected chi connectivity index (χ1v) is 12.8. The lowest BCUT2D eigenvalue weighted by molar-refractivity contribution is -0.126. The summed E-state index contributed by atoms with van der Waals surface area (Å²) < 4.78 is 32.9. The molecule has 0 radical (unpaired) electrons. The molecule has 0 aromatic heterocycles. The maximum Gasteiger partial charge on any atom is 0.243 e. The lowest BCUT2D eigenvalue weighted by Gasteiger charge is -2.31. The average Bonchev–Trinajstić information content (AvgIpc) is 2.82. The molecule has 0 aliphatic carbocycles. The number of hydrogen-bond acceptors (Lipinski definition) is 6. The molecule has 2 aromatic carbocycles. The van der Waals surface area contributed by atoms with Crippen molar-refractivity contribution in [2.75, 3.05) is 31.3 Å². The van der Waals surface area contributed by atoms with Gasteiger partial charge < -0.3 is 15.4 Å². The van der Waals surface area contributed by atoms with E-state index in [-0.39, 0.29) is 35.7 Å². The van der Waals surface area contributed by atoms with Crippen molar-refractivity contribution in [3.8, 4) is 5.75 Å². The molecule has 0 bridgehead atoms. The van der Waals surface area contributed by atoms with Crippen LogP contribution in [0.25, 0.3) is 0 Å². The predicted octanol–water partition coefficient (Wildman–Crippen LogP) is 2.46. The van der Waals surface area contributed by atoms with E-state index < -0.39 is 10.0 Å². The third-order valence-electron chi connectivity index (χ3n) is 5.69. The van der Waals surface area contributed by atoms with Crippen LogP contribution < -0.4 is 15.4 Å². The summed E-state index contributed by atoms with van der Waals surface area (Å²) in [6.07, 6.45) is 0.906. The zero-order chi connectivity index (χ0) is 22.7. The molecule has 1 saturated heterocycles. The summed E-state index contributed by atoms with van der Waals surface area (Å²) in [6, 6.07) is 12.3. The molecule has 32 heavy (non-hydrogen) atoms. The fourth-order valence-corrected chi connectivity index (χ4v) is 6.19. The number of anilines is 1. The number of ether oxygens (including phenoxy) is 1. The number of rotatable bonds is 6. The van der Waals surface area contributed by atoms with Crippen molar-refractivity contribution in [2.24, 2.45) is 5.92 Å². The Morgan fingerprint density at radius 1 is 1.22 bits per heavy atom. The zero-order valence-electron chi connectivity index (χ0n) is 17.7. The topological polar surface area (TPSA) is 105 Å². The van der Waals surface area contributed by atoms with Crippen LogP contribution in [0, 0.1) is 5.92 Å². The first-order valence-electron chi connectivity index (χ1n) is 10.3. The maximum atomic E-state index is 13.1. The van der Waals surface area contributed by atoms with E-state index in [1.54, 1.807) is 19.2 Å². The number of carbonyl (C=O) groups excluding carboxylic acids is 2. The number of fused-ring (bicyclic) bond motifs is 1. The molecule has 2 aromatic rings. The van der Waals surface area contributed by atoms with E-state index in [4.69, 9.17) is 4.74 Å². The molecule has 2 amide bonds. The molecule has 0 atom stereocenters. The van der Waals surface area contributed by atoms with Crippen molar-refractivity contribution < 1.29 is 22.7 Å². The largest absolute Gasteiger partial charge is 0.496 e. The van der Waals surface area contributed by atoms with Gasteiger partial charge in [0.05, 0.1) is 23.4 Å². The minimum atomic E-state index is -3.70. The molecular weight excluding hydrogens is 450 g/mol. The van der Waals surface area contributed by atoms with E-state index >= 15 is 0 Å². The Morgan fingerprint density at radius 3 is 2.72 bits per heavy atom. The van der Waals surface area contributed by atoms with Crippen LogP contribution in [0.2, 0.25) is 0 Å². The van der Waals surface area contributed by atoms with Crippen molar-refractivity contribution in [1.82, 2.24) is 9.62 Å². The molecule has 1 fully saturated rings. The zero-order valence-corrected chi connectivity index (χ0v) is 19.3. The molecule has 0 spiro atoms. The van der Waals surface area contributed by atoms with Gasteiger partial charge >= 0.3 is 0 Å². The predicted molar refractivity (Wildman–Crippen MR) is 122 cm³/mol. The number of piperidine rings is 1. The normalized spacial score (nSPS) is 17.3. The number of methoxy groups -OCH3 is 1. The summed E-state index contributed by atoms with van der Waals surface area (Å²) >= 11 is 1.39. The molecule has 2 aliphatic rings. The van der Waals surface area contributed by atoms with Crippen LogP contribution in [0.1, 0.15) is 18.4 Å². The minimum absolute atomic E-state index is 0.0820. The Morgan fingerprint density at radius 2 is 1.97 bits per heavy atom. The molecule has 2 heterocycles. The number of benzene rings is 2. The van der Waals surface area contributed by atoms with Crippen molar-refractivity contribution >= 4 is 39.3 Å². The lowest BCUT2D eigenvalue weighted by Crippen LogP contribution is -2.42. The number of amides is 2. The van der Waals surface area contributed by atoms with Crippen molar-refractivity contribution in [2.45, 2.75) is 29.2 Å². The molecule has 2 aliphatic heterocycles. The summed E-state index contributed by atoms with van der Waals surface area (Å²) in [5.74, 6) is 0.577. The van der Waals surface area contributed by atoms with E-state index in [0.29, 0.717) is 36.6 Å². The van der Waals surface area contributed by atoms with Gasteiger partial charge in [0.2, 0.25) is 21.8 Å².